The molecular formula is C18H24N4O. The summed E-state index contributed by atoms with van der Waals surface area (Å²) in [6.45, 7) is 7.33. The first-order valence-corrected chi connectivity index (χ1v) is 8.02. The molecule has 0 aliphatic heterocycles. The van der Waals surface area contributed by atoms with Crippen molar-refractivity contribution in [1.29, 1.82) is 5.26 Å². The fraction of sp³-hybridized carbons (Fsp3) is 0.444. The zero-order valence-electron chi connectivity index (χ0n) is 14.1. The maximum absolute atomic E-state index is 9.32. The molecule has 0 aliphatic rings. The Kier molecular flexibility index (Phi) is 5.64. The monoisotopic (exact) mass is 312 g/mol. The molecule has 5 nitrogen and oxygen atoms in total. The van der Waals surface area contributed by atoms with Crippen molar-refractivity contribution < 1.29 is 4.74 Å². The molecule has 1 heterocycles. The molecule has 0 fully saturated rings. The molecular weight excluding hydrogens is 288 g/mol. The first kappa shape index (κ1) is 16.9. The Morgan fingerprint density at radius 1 is 1.30 bits per heavy atom. The van der Waals surface area contributed by atoms with Gasteiger partial charge in [0.05, 0.1) is 0 Å². The van der Waals surface area contributed by atoms with Gasteiger partial charge in [-0.05, 0) is 31.4 Å². The average molecular weight is 312 g/mol. The minimum absolute atomic E-state index is 0.322. The number of unbranched alkanes of at least 4 members (excludes halogenated alkanes) is 2. The SMILES string of the molecule is CCCCCn1nc(OCc2cc(C)ccc2C)c(C#N)c1N. The van der Waals surface area contributed by atoms with E-state index in [9.17, 15) is 5.26 Å². The fourth-order valence-corrected chi connectivity index (χ4v) is 2.44. The summed E-state index contributed by atoms with van der Waals surface area (Å²) in [6, 6.07) is 8.33. The highest BCUT2D eigenvalue weighted by molar-refractivity contribution is 5.55. The van der Waals surface area contributed by atoms with Crippen LogP contribution in [0.15, 0.2) is 18.2 Å². The van der Waals surface area contributed by atoms with Crippen molar-refractivity contribution in [3.63, 3.8) is 0 Å². The van der Waals surface area contributed by atoms with E-state index in [1.54, 1.807) is 4.68 Å². The molecule has 23 heavy (non-hydrogen) atoms. The molecule has 122 valence electrons. The van der Waals surface area contributed by atoms with E-state index < -0.39 is 0 Å². The zero-order valence-corrected chi connectivity index (χ0v) is 14.1. The molecule has 1 aromatic heterocycles. The lowest BCUT2D eigenvalue weighted by Gasteiger charge is -2.08. The van der Waals surface area contributed by atoms with Crippen LogP contribution in [-0.2, 0) is 13.2 Å². The number of nitrogens with two attached hydrogens (primary N) is 1. The van der Waals surface area contributed by atoms with Gasteiger partial charge >= 0.3 is 0 Å². The second kappa shape index (κ2) is 7.68. The molecule has 0 aliphatic carbocycles. The minimum Gasteiger partial charge on any atom is -0.471 e. The summed E-state index contributed by atoms with van der Waals surface area (Å²) in [5.41, 5.74) is 9.77. The maximum Gasteiger partial charge on any atom is 0.253 e. The number of aromatic nitrogens is 2. The molecule has 0 radical (unpaired) electrons. The standard InChI is InChI=1S/C18H24N4O/c1-4-5-6-9-22-17(20)16(11-19)18(21-22)23-12-15-10-13(2)7-8-14(15)3/h7-8,10H,4-6,9,12,20H2,1-3H3. The van der Waals surface area contributed by atoms with Crippen LogP contribution in [0.3, 0.4) is 0 Å². The van der Waals surface area contributed by atoms with Crippen molar-refractivity contribution in [3.05, 3.63) is 40.5 Å². The normalized spacial score (nSPS) is 10.5. The van der Waals surface area contributed by atoms with E-state index in [2.05, 4.69) is 36.3 Å². The number of aryl methyl sites for hydroxylation is 3. The molecule has 0 bridgehead atoms. The third-order valence-electron chi connectivity index (χ3n) is 3.91. The summed E-state index contributed by atoms with van der Waals surface area (Å²) >= 11 is 0. The van der Waals surface area contributed by atoms with Gasteiger partial charge in [-0.3, -0.25) is 0 Å². The van der Waals surface area contributed by atoms with Crippen LogP contribution in [-0.4, -0.2) is 9.78 Å². The highest BCUT2D eigenvalue weighted by Gasteiger charge is 2.17. The lowest BCUT2D eigenvalue weighted by atomic mass is 10.1. The summed E-state index contributed by atoms with van der Waals surface area (Å²) in [7, 11) is 0. The number of nitrogen functional groups attached to an aromatic ring is 1. The number of rotatable bonds is 7. The number of nitriles is 1. The minimum atomic E-state index is 0.322. The van der Waals surface area contributed by atoms with Crippen LogP contribution in [0.1, 0.15) is 48.4 Å². The third kappa shape index (κ3) is 4.04. The highest BCUT2D eigenvalue weighted by atomic mass is 16.5. The number of nitrogens with zero attached hydrogens (tertiary/aromatic N) is 3. The predicted molar refractivity (Wildman–Crippen MR) is 91.1 cm³/mol. The summed E-state index contributed by atoms with van der Waals surface area (Å²) < 4.78 is 7.46. The van der Waals surface area contributed by atoms with Gasteiger partial charge in [-0.1, -0.05) is 43.5 Å². The van der Waals surface area contributed by atoms with E-state index >= 15 is 0 Å². The molecule has 0 saturated carbocycles. The summed E-state index contributed by atoms with van der Waals surface area (Å²) in [5, 5.41) is 13.7. The Labute approximate surface area is 137 Å². The number of hydrogen-bond donors (Lipinski definition) is 1. The number of ether oxygens (including phenoxy) is 1. The van der Waals surface area contributed by atoms with Gasteiger partial charge < -0.3 is 10.5 Å². The molecule has 0 unspecified atom stereocenters. The Morgan fingerprint density at radius 3 is 2.78 bits per heavy atom. The smallest absolute Gasteiger partial charge is 0.253 e. The largest absolute Gasteiger partial charge is 0.471 e. The molecule has 5 heteroatoms. The van der Waals surface area contributed by atoms with Crippen LogP contribution < -0.4 is 10.5 Å². The molecule has 2 N–H and O–H groups in total. The number of hydrogen-bond acceptors (Lipinski definition) is 4. The van der Waals surface area contributed by atoms with Crippen LogP contribution in [0.2, 0.25) is 0 Å². The Hall–Kier alpha value is -2.48. The lowest BCUT2D eigenvalue weighted by molar-refractivity contribution is 0.287. The average Bonchev–Trinajstić information content (AvgIpc) is 2.84. The third-order valence-corrected chi connectivity index (χ3v) is 3.91. The van der Waals surface area contributed by atoms with Gasteiger partial charge in [0, 0.05) is 6.54 Å². The van der Waals surface area contributed by atoms with Gasteiger partial charge in [-0.2, -0.15) is 5.26 Å². The van der Waals surface area contributed by atoms with Crippen LogP contribution >= 0.6 is 0 Å². The Balaban J connectivity index is 2.14. The van der Waals surface area contributed by atoms with Crippen molar-refractivity contribution in [2.24, 2.45) is 0 Å². The van der Waals surface area contributed by atoms with Gasteiger partial charge in [-0.15, -0.1) is 5.10 Å². The highest BCUT2D eigenvalue weighted by Crippen LogP contribution is 2.24. The first-order chi connectivity index (χ1) is 11.1. The van der Waals surface area contributed by atoms with Crippen molar-refractivity contribution in [1.82, 2.24) is 9.78 Å². The van der Waals surface area contributed by atoms with Crippen molar-refractivity contribution in [2.75, 3.05) is 5.73 Å². The molecule has 2 aromatic rings. The maximum atomic E-state index is 9.32. The van der Waals surface area contributed by atoms with E-state index in [1.165, 1.54) is 5.56 Å². The zero-order chi connectivity index (χ0) is 16.8. The van der Waals surface area contributed by atoms with Crippen LogP contribution in [0, 0.1) is 25.2 Å². The van der Waals surface area contributed by atoms with Gasteiger partial charge in [0.1, 0.15) is 18.5 Å². The molecule has 0 spiro atoms. The summed E-state index contributed by atoms with van der Waals surface area (Å²) in [5.74, 6) is 0.710. The van der Waals surface area contributed by atoms with Gasteiger partial charge in [0.25, 0.3) is 5.88 Å². The molecule has 0 saturated heterocycles. The quantitative estimate of drug-likeness (QED) is 0.790. The lowest BCUT2D eigenvalue weighted by Crippen LogP contribution is -2.05. The van der Waals surface area contributed by atoms with Gasteiger partial charge in [-0.25, -0.2) is 4.68 Å². The molecule has 2 rings (SSSR count). The van der Waals surface area contributed by atoms with E-state index in [1.807, 2.05) is 13.8 Å². The predicted octanol–water partition coefficient (Wildman–Crippen LogP) is 3.72. The number of anilines is 1. The number of benzene rings is 1. The van der Waals surface area contributed by atoms with Crippen LogP contribution in [0.4, 0.5) is 5.82 Å². The van der Waals surface area contributed by atoms with E-state index in [0.717, 1.165) is 30.4 Å². The molecule has 1 aromatic carbocycles. The second-order valence-electron chi connectivity index (χ2n) is 5.83. The van der Waals surface area contributed by atoms with Crippen molar-refractivity contribution >= 4 is 5.82 Å². The Morgan fingerprint density at radius 2 is 2.09 bits per heavy atom. The van der Waals surface area contributed by atoms with E-state index in [-0.39, 0.29) is 0 Å². The van der Waals surface area contributed by atoms with Crippen molar-refractivity contribution in [3.8, 4) is 11.9 Å². The fourth-order valence-electron chi connectivity index (χ4n) is 2.44. The summed E-state index contributed by atoms with van der Waals surface area (Å²) in [4.78, 5) is 0. The van der Waals surface area contributed by atoms with Crippen LogP contribution in [0.5, 0.6) is 5.88 Å². The molecule has 0 amide bonds. The second-order valence-corrected chi connectivity index (χ2v) is 5.83. The topological polar surface area (TPSA) is 76.9 Å². The van der Waals surface area contributed by atoms with E-state index in [4.69, 9.17) is 10.5 Å². The molecule has 0 atom stereocenters. The Bertz CT molecular complexity index is 713. The van der Waals surface area contributed by atoms with Crippen molar-refractivity contribution in [2.45, 2.75) is 53.2 Å². The van der Waals surface area contributed by atoms with Gasteiger partial charge in [0.2, 0.25) is 0 Å². The van der Waals surface area contributed by atoms with Crippen LogP contribution in [0.25, 0.3) is 0 Å². The summed E-state index contributed by atoms with van der Waals surface area (Å²) in [6.07, 6.45) is 3.23. The van der Waals surface area contributed by atoms with Gasteiger partial charge in [0.15, 0.2) is 5.56 Å². The first-order valence-electron chi connectivity index (χ1n) is 8.02. The van der Waals surface area contributed by atoms with E-state index in [0.29, 0.717) is 30.4 Å².